The number of hydrogen-bond acceptors (Lipinski definition) is 5. The summed E-state index contributed by atoms with van der Waals surface area (Å²) >= 11 is -0.169. The highest BCUT2D eigenvalue weighted by molar-refractivity contribution is 8.00. The number of alkyl halides is 3. The van der Waals surface area contributed by atoms with Crippen molar-refractivity contribution in [3.63, 3.8) is 0 Å². The molecule has 0 amide bonds. The Morgan fingerprint density at radius 1 is 1.50 bits per heavy atom. The molecular weight excluding hydrogens is 297 g/mol. The average molecular weight is 312 g/mol. The molecule has 114 valence electrons. The van der Waals surface area contributed by atoms with Crippen LogP contribution in [-0.4, -0.2) is 32.5 Å². The quantitative estimate of drug-likeness (QED) is 0.475. The molecule has 0 aromatic carbocycles. The van der Waals surface area contributed by atoms with E-state index in [1.165, 1.54) is 11.6 Å². The summed E-state index contributed by atoms with van der Waals surface area (Å²) in [6.45, 7) is 3.81. The molecule has 0 saturated carbocycles. The van der Waals surface area contributed by atoms with Crippen LogP contribution in [0.15, 0.2) is 0 Å². The Hall–Kier alpha value is -1.45. The van der Waals surface area contributed by atoms with Crippen molar-refractivity contribution >= 4 is 23.3 Å². The molecule has 0 radical (unpaired) electrons. The van der Waals surface area contributed by atoms with Crippen molar-refractivity contribution in [2.45, 2.75) is 32.3 Å². The number of hydrogen-bond donors (Lipinski definition) is 1. The van der Waals surface area contributed by atoms with Gasteiger partial charge in [-0.3, -0.25) is 10.1 Å². The number of aromatic nitrogens is 2. The van der Waals surface area contributed by atoms with Gasteiger partial charge in [0.25, 0.3) is 0 Å². The van der Waals surface area contributed by atoms with Crippen LogP contribution in [0.2, 0.25) is 0 Å². The van der Waals surface area contributed by atoms with Crippen LogP contribution in [0.3, 0.4) is 0 Å². The summed E-state index contributed by atoms with van der Waals surface area (Å²) in [4.78, 5) is 10.4. The third-order valence-electron chi connectivity index (χ3n) is 2.37. The Bertz CT molecular complexity index is 476. The maximum atomic E-state index is 12.0. The molecular formula is C10H15F3N4O2S. The molecule has 1 N–H and O–H groups in total. The molecule has 0 aliphatic rings. The molecule has 0 aliphatic carbocycles. The molecule has 0 unspecified atom stereocenters. The Morgan fingerprint density at radius 2 is 2.15 bits per heavy atom. The first-order valence-electron chi connectivity index (χ1n) is 5.92. The Morgan fingerprint density at radius 3 is 2.65 bits per heavy atom. The van der Waals surface area contributed by atoms with Gasteiger partial charge in [0.15, 0.2) is 0 Å². The number of anilines is 1. The van der Waals surface area contributed by atoms with E-state index in [1.54, 1.807) is 0 Å². The number of nitro groups is 1. The summed E-state index contributed by atoms with van der Waals surface area (Å²) < 4.78 is 37.4. The molecule has 20 heavy (non-hydrogen) atoms. The fourth-order valence-corrected chi connectivity index (χ4v) is 2.11. The number of aryl methyl sites for hydroxylation is 2. The van der Waals surface area contributed by atoms with Gasteiger partial charge in [0.1, 0.15) is 5.69 Å². The van der Waals surface area contributed by atoms with Crippen molar-refractivity contribution in [3.8, 4) is 0 Å². The van der Waals surface area contributed by atoms with E-state index in [2.05, 4.69) is 10.4 Å². The third-order valence-corrected chi connectivity index (χ3v) is 3.11. The summed E-state index contributed by atoms with van der Waals surface area (Å²) in [7, 11) is 0. The lowest BCUT2D eigenvalue weighted by atomic mass is 10.4. The van der Waals surface area contributed by atoms with E-state index in [0.29, 0.717) is 13.0 Å². The highest BCUT2D eigenvalue weighted by atomic mass is 32.2. The smallest absolute Gasteiger partial charge is 0.364 e. The molecule has 0 spiro atoms. The third kappa shape index (κ3) is 4.58. The number of thioether (sulfide) groups is 1. The van der Waals surface area contributed by atoms with Crippen LogP contribution >= 0.6 is 11.8 Å². The van der Waals surface area contributed by atoms with Gasteiger partial charge in [0.05, 0.1) is 4.92 Å². The van der Waals surface area contributed by atoms with Crippen LogP contribution in [0.25, 0.3) is 0 Å². The van der Waals surface area contributed by atoms with Crippen LogP contribution in [0.5, 0.6) is 0 Å². The minimum atomic E-state index is -4.30. The SMILES string of the molecule is CCCn1nc(C)c([N+](=O)[O-])c1NCCSC(F)(F)F. The second kappa shape index (κ2) is 6.82. The fraction of sp³-hybridized carbons (Fsp3) is 0.700. The molecule has 1 heterocycles. The second-order valence-corrected chi connectivity index (χ2v) is 5.14. The largest absolute Gasteiger partial charge is 0.441 e. The van der Waals surface area contributed by atoms with Gasteiger partial charge < -0.3 is 5.32 Å². The Balaban J connectivity index is 2.78. The first-order chi connectivity index (χ1) is 9.26. The Kier molecular flexibility index (Phi) is 5.66. The van der Waals surface area contributed by atoms with Crippen LogP contribution in [0.4, 0.5) is 24.7 Å². The molecule has 0 fully saturated rings. The lowest BCUT2D eigenvalue weighted by Crippen LogP contribution is -2.13. The van der Waals surface area contributed by atoms with Crippen molar-refractivity contribution in [3.05, 3.63) is 15.8 Å². The zero-order valence-corrected chi connectivity index (χ0v) is 11.8. The van der Waals surface area contributed by atoms with Gasteiger partial charge in [-0.1, -0.05) is 6.92 Å². The number of nitrogens with zero attached hydrogens (tertiary/aromatic N) is 3. The Labute approximate surface area is 117 Å². The van der Waals surface area contributed by atoms with E-state index < -0.39 is 10.4 Å². The number of rotatable bonds is 7. The topological polar surface area (TPSA) is 73.0 Å². The van der Waals surface area contributed by atoms with E-state index in [0.717, 1.165) is 0 Å². The summed E-state index contributed by atoms with van der Waals surface area (Å²) in [6, 6.07) is 0. The zero-order valence-electron chi connectivity index (χ0n) is 11.0. The summed E-state index contributed by atoms with van der Waals surface area (Å²) in [6.07, 6.45) is 0.713. The van der Waals surface area contributed by atoms with Crippen molar-refractivity contribution in [1.82, 2.24) is 9.78 Å². The van der Waals surface area contributed by atoms with E-state index in [4.69, 9.17) is 0 Å². The van der Waals surface area contributed by atoms with Crippen molar-refractivity contribution in [2.75, 3.05) is 17.6 Å². The molecule has 1 aromatic rings. The minimum Gasteiger partial charge on any atom is -0.364 e. The van der Waals surface area contributed by atoms with Gasteiger partial charge in [-0.2, -0.15) is 18.3 Å². The van der Waals surface area contributed by atoms with E-state index in [-0.39, 0.29) is 41.3 Å². The summed E-state index contributed by atoms with van der Waals surface area (Å²) in [5.74, 6) is -0.0612. The van der Waals surface area contributed by atoms with Crippen LogP contribution in [0.1, 0.15) is 19.0 Å². The molecule has 1 aromatic heterocycles. The monoisotopic (exact) mass is 312 g/mol. The maximum Gasteiger partial charge on any atom is 0.441 e. The fourth-order valence-electron chi connectivity index (χ4n) is 1.68. The second-order valence-electron chi connectivity index (χ2n) is 3.98. The first-order valence-corrected chi connectivity index (χ1v) is 6.91. The minimum absolute atomic E-state index is 0.0279. The number of halogens is 3. The van der Waals surface area contributed by atoms with E-state index >= 15 is 0 Å². The van der Waals surface area contributed by atoms with Crippen LogP contribution < -0.4 is 5.32 Å². The highest BCUT2D eigenvalue weighted by Crippen LogP contribution is 2.31. The van der Waals surface area contributed by atoms with Crippen LogP contribution in [0, 0.1) is 17.0 Å². The zero-order chi connectivity index (χ0) is 15.3. The van der Waals surface area contributed by atoms with Crippen molar-refractivity contribution in [1.29, 1.82) is 0 Å². The van der Waals surface area contributed by atoms with E-state index in [1.807, 2.05) is 6.92 Å². The summed E-state index contributed by atoms with van der Waals surface area (Å²) in [5.41, 5.74) is -4.24. The van der Waals surface area contributed by atoms with Gasteiger partial charge in [-0.15, -0.1) is 0 Å². The standard InChI is InChI=1S/C10H15F3N4O2S/c1-3-5-16-9(8(17(18)19)7(2)15-16)14-4-6-20-10(11,12)13/h14H,3-6H2,1-2H3. The van der Waals surface area contributed by atoms with E-state index in [9.17, 15) is 23.3 Å². The lowest BCUT2D eigenvalue weighted by Gasteiger charge is -2.09. The van der Waals surface area contributed by atoms with Gasteiger partial charge in [-0.25, -0.2) is 4.68 Å². The van der Waals surface area contributed by atoms with Crippen molar-refractivity contribution in [2.24, 2.45) is 0 Å². The molecule has 10 heteroatoms. The van der Waals surface area contributed by atoms with Gasteiger partial charge in [0.2, 0.25) is 5.82 Å². The average Bonchev–Trinajstić information content (AvgIpc) is 2.60. The molecule has 0 bridgehead atoms. The van der Waals surface area contributed by atoms with Gasteiger partial charge in [0, 0.05) is 18.8 Å². The van der Waals surface area contributed by atoms with Crippen LogP contribution in [-0.2, 0) is 6.54 Å². The van der Waals surface area contributed by atoms with Crippen molar-refractivity contribution < 1.29 is 18.1 Å². The number of nitrogens with one attached hydrogen (secondary N) is 1. The molecule has 6 nitrogen and oxygen atoms in total. The molecule has 0 aliphatic heterocycles. The first kappa shape index (κ1) is 16.6. The molecule has 0 atom stereocenters. The molecule has 1 rings (SSSR count). The predicted molar refractivity (Wildman–Crippen MR) is 70.9 cm³/mol. The van der Waals surface area contributed by atoms with Gasteiger partial charge >= 0.3 is 11.2 Å². The maximum absolute atomic E-state index is 12.0. The highest BCUT2D eigenvalue weighted by Gasteiger charge is 2.28. The lowest BCUT2D eigenvalue weighted by molar-refractivity contribution is -0.384. The normalized spacial score (nSPS) is 11.7. The molecule has 0 saturated heterocycles. The van der Waals surface area contributed by atoms with Gasteiger partial charge in [-0.05, 0) is 25.1 Å². The predicted octanol–water partition coefficient (Wildman–Crippen LogP) is 3.17. The summed E-state index contributed by atoms with van der Waals surface area (Å²) in [5, 5.41) is 17.7.